The molecule has 9 heteroatoms. The lowest BCUT2D eigenvalue weighted by molar-refractivity contribution is -0.140. The zero-order valence-corrected chi connectivity index (χ0v) is 17.0. The smallest absolute Gasteiger partial charge is 0.258 e. The summed E-state index contributed by atoms with van der Waals surface area (Å²) in [6, 6.07) is 0. The van der Waals surface area contributed by atoms with Gasteiger partial charge in [0, 0.05) is 19.0 Å². The Morgan fingerprint density at radius 1 is 1.32 bits per heavy atom. The maximum absolute atomic E-state index is 12.6. The molecule has 0 aromatic carbocycles. The quantitative estimate of drug-likeness (QED) is 0.780. The molecule has 0 radical (unpaired) electrons. The number of rotatable bonds is 5. The number of thiazole rings is 1. The van der Waals surface area contributed by atoms with Crippen molar-refractivity contribution in [1.82, 2.24) is 15.2 Å². The fraction of sp³-hybridized carbons (Fsp3) is 0.750. The molecule has 3 rings (SSSR count). The van der Waals surface area contributed by atoms with Crippen LogP contribution in [0, 0.1) is 0 Å². The monoisotopic (exact) mass is 410 g/mol. The third-order valence-corrected chi connectivity index (χ3v) is 5.63. The average molecular weight is 411 g/mol. The highest BCUT2D eigenvalue weighted by molar-refractivity contribution is 7.13. The molecule has 1 aromatic heterocycles. The molecule has 0 bridgehead atoms. The maximum Gasteiger partial charge on any atom is 0.258 e. The zero-order valence-electron chi connectivity index (χ0n) is 14.6. The van der Waals surface area contributed by atoms with Crippen LogP contribution in [0.15, 0.2) is 5.38 Å². The van der Waals surface area contributed by atoms with E-state index in [2.05, 4.69) is 20.5 Å². The highest BCUT2D eigenvalue weighted by atomic mass is 35.5. The van der Waals surface area contributed by atoms with E-state index in [1.54, 1.807) is 7.11 Å². The number of hydrogen-bond acceptors (Lipinski definition) is 6. The number of anilines is 1. The summed E-state index contributed by atoms with van der Waals surface area (Å²) in [5, 5.41) is 8.95. The summed E-state index contributed by atoms with van der Waals surface area (Å²) in [5.41, 5.74) is 0.327. The number of nitrogens with one attached hydrogen (secondary N) is 2. The maximum atomic E-state index is 12.6. The van der Waals surface area contributed by atoms with Gasteiger partial charge in [-0.1, -0.05) is 6.42 Å². The van der Waals surface area contributed by atoms with Gasteiger partial charge in [-0.2, -0.15) is 0 Å². The molecule has 2 N–H and O–H groups in total. The summed E-state index contributed by atoms with van der Waals surface area (Å²) in [5.74, 6) is -0.0691. The lowest BCUT2D eigenvalue weighted by Crippen LogP contribution is -2.51. The number of aromatic nitrogens is 1. The molecule has 2 saturated heterocycles. The second-order valence-corrected chi connectivity index (χ2v) is 7.24. The van der Waals surface area contributed by atoms with E-state index in [0.29, 0.717) is 18.0 Å². The van der Waals surface area contributed by atoms with Crippen LogP contribution in [-0.2, 0) is 16.1 Å². The van der Waals surface area contributed by atoms with Crippen LogP contribution in [0.5, 0.6) is 0 Å². The molecule has 6 nitrogen and oxygen atoms in total. The number of carbonyl (C=O) groups is 1. The Balaban J connectivity index is 0.00000156. The molecule has 0 spiro atoms. The van der Waals surface area contributed by atoms with Gasteiger partial charge in [0.15, 0.2) is 5.13 Å². The van der Waals surface area contributed by atoms with Gasteiger partial charge in [-0.3, -0.25) is 15.0 Å². The van der Waals surface area contributed by atoms with E-state index in [4.69, 9.17) is 4.74 Å². The lowest BCUT2D eigenvalue weighted by atomic mass is 9.91. The van der Waals surface area contributed by atoms with Gasteiger partial charge in [0.25, 0.3) is 5.91 Å². The molecule has 25 heavy (non-hydrogen) atoms. The van der Waals surface area contributed by atoms with Crippen LogP contribution in [0.3, 0.4) is 0 Å². The standard InChI is InChI=1S/C16H26N4O2S.2ClH/c1-22-16(5-7-17-8-6-16)14(21)19-15-18-13(12-23-15)11-20-9-3-2-4-10-20;;/h12,17H,2-11H2,1H3,(H,18,19,21);2*1H. The summed E-state index contributed by atoms with van der Waals surface area (Å²) in [4.78, 5) is 19.6. The Bertz CT molecular complexity index is 532. The molecule has 2 aliphatic rings. The van der Waals surface area contributed by atoms with Gasteiger partial charge in [-0.15, -0.1) is 36.2 Å². The number of amides is 1. The summed E-state index contributed by atoms with van der Waals surface area (Å²) >= 11 is 1.50. The first-order chi connectivity index (χ1) is 11.2. The number of piperidine rings is 2. The van der Waals surface area contributed by atoms with E-state index < -0.39 is 5.60 Å². The van der Waals surface area contributed by atoms with Gasteiger partial charge in [-0.25, -0.2) is 4.98 Å². The van der Waals surface area contributed by atoms with Crippen LogP contribution in [0.25, 0.3) is 0 Å². The minimum Gasteiger partial charge on any atom is -0.368 e. The molecule has 3 heterocycles. The summed E-state index contributed by atoms with van der Waals surface area (Å²) < 4.78 is 5.56. The van der Waals surface area contributed by atoms with Crippen molar-refractivity contribution in [2.45, 2.75) is 44.2 Å². The highest BCUT2D eigenvalue weighted by Crippen LogP contribution is 2.26. The third kappa shape index (κ3) is 5.77. The van der Waals surface area contributed by atoms with Gasteiger partial charge in [0.05, 0.1) is 5.69 Å². The van der Waals surface area contributed by atoms with Crippen LogP contribution in [0.2, 0.25) is 0 Å². The number of hydrogen-bond donors (Lipinski definition) is 2. The first-order valence-corrected chi connectivity index (χ1v) is 9.34. The number of nitrogens with zero attached hydrogens (tertiary/aromatic N) is 2. The zero-order chi connectivity index (χ0) is 16.1. The Labute approximate surface area is 165 Å². The molecule has 0 atom stereocenters. The first kappa shape index (κ1) is 22.6. The van der Waals surface area contributed by atoms with E-state index in [1.807, 2.05) is 5.38 Å². The van der Waals surface area contributed by atoms with Crippen molar-refractivity contribution >= 4 is 47.2 Å². The lowest BCUT2D eigenvalue weighted by Gasteiger charge is -2.34. The topological polar surface area (TPSA) is 66.5 Å². The van der Waals surface area contributed by atoms with Crippen LogP contribution in [0.1, 0.15) is 37.8 Å². The van der Waals surface area contributed by atoms with E-state index >= 15 is 0 Å². The number of halogens is 2. The average Bonchev–Trinajstić information content (AvgIpc) is 3.03. The first-order valence-electron chi connectivity index (χ1n) is 8.46. The van der Waals surface area contributed by atoms with E-state index in [9.17, 15) is 4.79 Å². The molecule has 144 valence electrons. The molecular weight excluding hydrogens is 383 g/mol. The molecule has 1 aromatic rings. The van der Waals surface area contributed by atoms with E-state index in [1.165, 1.54) is 30.6 Å². The largest absolute Gasteiger partial charge is 0.368 e. The number of methoxy groups -OCH3 is 1. The van der Waals surface area contributed by atoms with Gasteiger partial charge in [0.1, 0.15) is 5.60 Å². The fourth-order valence-electron chi connectivity index (χ4n) is 3.35. The van der Waals surface area contributed by atoms with Crippen molar-refractivity contribution in [2.75, 3.05) is 38.6 Å². The fourth-order valence-corrected chi connectivity index (χ4v) is 4.05. The van der Waals surface area contributed by atoms with Crippen molar-refractivity contribution < 1.29 is 9.53 Å². The molecule has 0 unspecified atom stereocenters. The predicted molar refractivity (Wildman–Crippen MR) is 106 cm³/mol. The molecule has 0 saturated carbocycles. The Morgan fingerprint density at radius 3 is 2.64 bits per heavy atom. The third-order valence-electron chi connectivity index (χ3n) is 4.82. The van der Waals surface area contributed by atoms with Gasteiger partial charge < -0.3 is 10.1 Å². The molecule has 2 fully saturated rings. The number of likely N-dealkylation sites (tertiary alicyclic amines) is 1. The number of ether oxygens (including phenoxy) is 1. The normalized spacial score (nSPS) is 20.2. The summed E-state index contributed by atoms with van der Waals surface area (Å²) in [6.07, 6.45) is 5.28. The summed E-state index contributed by atoms with van der Waals surface area (Å²) in [6.45, 7) is 4.79. The van der Waals surface area contributed by atoms with Crippen molar-refractivity contribution in [1.29, 1.82) is 0 Å². The van der Waals surface area contributed by atoms with Crippen LogP contribution < -0.4 is 10.6 Å². The number of carbonyl (C=O) groups excluding carboxylic acids is 1. The van der Waals surface area contributed by atoms with E-state index in [-0.39, 0.29) is 30.7 Å². The molecule has 2 aliphatic heterocycles. The second kappa shape index (κ2) is 10.6. The van der Waals surface area contributed by atoms with Crippen LogP contribution >= 0.6 is 36.2 Å². The van der Waals surface area contributed by atoms with Gasteiger partial charge in [0.2, 0.25) is 0 Å². The second-order valence-electron chi connectivity index (χ2n) is 6.38. The van der Waals surface area contributed by atoms with Gasteiger partial charge in [-0.05, 0) is 51.9 Å². The minimum absolute atomic E-state index is 0. The van der Waals surface area contributed by atoms with Crippen molar-refractivity contribution in [3.05, 3.63) is 11.1 Å². The van der Waals surface area contributed by atoms with Crippen molar-refractivity contribution in [3.8, 4) is 0 Å². The van der Waals surface area contributed by atoms with E-state index in [0.717, 1.165) is 38.4 Å². The van der Waals surface area contributed by atoms with Crippen molar-refractivity contribution in [2.24, 2.45) is 0 Å². The molecular formula is C16H28Cl2N4O2S. The van der Waals surface area contributed by atoms with Crippen LogP contribution in [-0.4, -0.2) is 54.7 Å². The Morgan fingerprint density at radius 2 is 2.00 bits per heavy atom. The van der Waals surface area contributed by atoms with Gasteiger partial charge >= 0.3 is 0 Å². The highest BCUT2D eigenvalue weighted by Gasteiger charge is 2.40. The Kier molecular flexibility index (Phi) is 9.62. The predicted octanol–water partition coefficient (Wildman–Crippen LogP) is 2.68. The summed E-state index contributed by atoms with van der Waals surface area (Å²) in [7, 11) is 1.62. The Hall–Kier alpha value is -0.440. The molecule has 1 amide bonds. The van der Waals surface area contributed by atoms with Crippen molar-refractivity contribution in [3.63, 3.8) is 0 Å². The minimum atomic E-state index is -0.718. The molecule has 0 aliphatic carbocycles. The van der Waals surface area contributed by atoms with Crippen LogP contribution in [0.4, 0.5) is 5.13 Å². The SMILES string of the molecule is COC1(C(=O)Nc2nc(CN3CCCCC3)cs2)CCNCC1.Cl.Cl.